The van der Waals surface area contributed by atoms with Gasteiger partial charge in [0, 0.05) is 17.4 Å². The molecule has 0 unspecified atom stereocenters. The van der Waals surface area contributed by atoms with Crippen LogP contribution in [0, 0.1) is 17.7 Å². The second kappa shape index (κ2) is 6.49. The van der Waals surface area contributed by atoms with Crippen LogP contribution in [0.1, 0.15) is 0 Å². The molecule has 0 atom stereocenters. The van der Waals surface area contributed by atoms with Crippen LogP contribution in [0.15, 0.2) is 12.1 Å². The Balaban J connectivity index is 0.000000561. The van der Waals surface area contributed by atoms with Gasteiger partial charge in [0.2, 0.25) is 0 Å². The van der Waals surface area contributed by atoms with Gasteiger partial charge in [-0.1, -0.05) is 6.07 Å². The fraction of sp³-hybridized carbons (Fsp3) is 0.143. The molecule has 5 heteroatoms. The van der Waals surface area contributed by atoms with Crippen molar-refractivity contribution in [3.8, 4) is 5.75 Å². The van der Waals surface area contributed by atoms with Gasteiger partial charge >= 0.3 is 30.0 Å². The first kappa shape index (κ1) is 12.0. The Labute approximate surface area is 86.1 Å². The van der Waals surface area contributed by atoms with Crippen molar-refractivity contribution >= 4 is 13.6 Å². The number of hydrogen-bond donors (Lipinski definition) is 0. The predicted octanol–water partition coefficient (Wildman–Crippen LogP) is 2.62. The molecule has 0 radical (unpaired) electrons. The first-order chi connectivity index (χ1) is 5.74. The number of halogens is 3. The van der Waals surface area contributed by atoms with E-state index >= 15 is 0 Å². The first-order valence-electron chi connectivity index (χ1n) is 2.91. The van der Waals surface area contributed by atoms with Crippen molar-refractivity contribution in [1.29, 1.82) is 0 Å². The maximum atomic E-state index is 12.4. The Morgan fingerprint density at radius 1 is 1.50 bits per heavy atom. The molecule has 1 rings (SSSR count). The van der Waals surface area contributed by atoms with E-state index in [9.17, 15) is 8.78 Å². The average molecular weight is 288 g/mol. The fourth-order valence-corrected chi connectivity index (χ4v) is 0.586. The summed E-state index contributed by atoms with van der Waals surface area (Å²) in [5.41, 5.74) is 0. The molecule has 0 aromatic heterocycles. The molecule has 0 fully saturated rings. The van der Waals surface area contributed by atoms with E-state index in [4.69, 9.17) is 0 Å². The molecule has 0 aliphatic heterocycles. The Bertz CT molecular complexity index is 245. The Kier molecular flexibility index (Phi) is 6.49. The molecule has 0 aliphatic carbocycles. The minimum absolute atomic E-state index is 0.101. The molecule has 1 nitrogen and oxygen atoms in total. The second-order valence-electron chi connectivity index (χ2n) is 1.70. The normalized spacial score (nSPS) is 8.50. The zero-order valence-electron chi connectivity index (χ0n) is 6.40. The number of rotatable bonds is 1. The van der Waals surface area contributed by atoms with Crippen molar-refractivity contribution in [3.05, 3.63) is 29.8 Å². The molecule has 0 saturated carbocycles. The van der Waals surface area contributed by atoms with Gasteiger partial charge in [-0.05, 0) is 0 Å². The van der Waals surface area contributed by atoms with E-state index in [2.05, 4.69) is 24.4 Å². The van der Waals surface area contributed by atoms with Crippen LogP contribution >= 0.6 is 13.6 Å². The summed E-state index contributed by atoms with van der Waals surface area (Å²) in [4.78, 5) is 0. The summed E-state index contributed by atoms with van der Waals surface area (Å²) in [6, 6.07) is 3.89. The molecular formula is C7H5BrF2OZn. The molecule has 0 saturated heterocycles. The summed E-state index contributed by atoms with van der Waals surface area (Å²) in [5.74, 6) is -1.33. The molecule has 0 N–H and O–H groups in total. The standard InChI is InChI=1S/C7H5F2O.BrH.Zn/c1-10-7-4-5(8)2-3-6(7)9;;/h3-4H,1H3;1H;/q-1;;+2/p-1. The van der Waals surface area contributed by atoms with Crippen LogP contribution in [-0.2, 0) is 16.3 Å². The van der Waals surface area contributed by atoms with Crippen molar-refractivity contribution in [2.75, 3.05) is 7.11 Å². The SMILES string of the molecule is COc1cc(F)[c-]cc1F.[Zn+][Br]. The fourth-order valence-electron chi connectivity index (χ4n) is 0.586. The molecule has 0 amide bonds. The van der Waals surface area contributed by atoms with Gasteiger partial charge in [0.25, 0.3) is 0 Å². The molecule has 1 aromatic rings. The zero-order chi connectivity index (χ0) is 9.56. The van der Waals surface area contributed by atoms with Crippen molar-refractivity contribution in [3.63, 3.8) is 0 Å². The zero-order valence-corrected chi connectivity index (χ0v) is 11.0. The van der Waals surface area contributed by atoms with Gasteiger partial charge in [0.1, 0.15) is 0 Å². The van der Waals surface area contributed by atoms with Gasteiger partial charge in [-0.25, -0.2) is 4.39 Å². The second-order valence-corrected chi connectivity index (χ2v) is 1.70. The van der Waals surface area contributed by atoms with Gasteiger partial charge < -0.3 is 4.74 Å². The monoisotopic (exact) mass is 286 g/mol. The quantitative estimate of drug-likeness (QED) is 0.570. The first-order valence-corrected chi connectivity index (χ1v) is 9.86. The van der Waals surface area contributed by atoms with E-state index in [1.807, 2.05) is 0 Å². The van der Waals surface area contributed by atoms with Crippen molar-refractivity contribution in [2.24, 2.45) is 0 Å². The number of benzene rings is 1. The predicted molar refractivity (Wildman–Crippen MR) is 40.7 cm³/mol. The molecule has 0 heterocycles. The van der Waals surface area contributed by atoms with Crippen LogP contribution in [-0.4, -0.2) is 7.11 Å². The number of hydrogen-bond acceptors (Lipinski definition) is 1. The molecule has 0 bridgehead atoms. The third-order valence-corrected chi connectivity index (χ3v) is 1.05. The number of ether oxygens (including phenoxy) is 1. The third kappa shape index (κ3) is 3.59. The summed E-state index contributed by atoms with van der Waals surface area (Å²) in [6.07, 6.45) is 0. The average Bonchev–Trinajstić information content (AvgIpc) is 2.13. The molecule has 0 aliphatic rings. The van der Waals surface area contributed by atoms with E-state index < -0.39 is 11.6 Å². The van der Waals surface area contributed by atoms with E-state index in [1.165, 1.54) is 23.5 Å². The van der Waals surface area contributed by atoms with Crippen LogP contribution in [0.25, 0.3) is 0 Å². The van der Waals surface area contributed by atoms with Gasteiger partial charge in [0.05, 0.1) is 7.11 Å². The van der Waals surface area contributed by atoms with E-state index in [0.717, 1.165) is 12.1 Å². The Hall–Kier alpha value is -0.0166. The molecule has 62 valence electrons. The summed E-state index contributed by atoms with van der Waals surface area (Å²) in [6.45, 7) is 0. The van der Waals surface area contributed by atoms with Crippen molar-refractivity contribution < 1.29 is 29.9 Å². The molecule has 1 aromatic carbocycles. The molecule has 12 heavy (non-hydrogen) atoms. The van der Waals surface area contributed by atoms with E-state index in [1.54, 1.807) is 0 Å². The maximum absolute atomic E-state index is 12.4. The Morgan fingerprint density at radius 2 is 2.08 bits per heavy atom. The summed E-state index contributed by atoms with van der Waals surface area (Å²) in [5, 5.41) is 0. The summed E-state index contributed by atoms with van der Waals surface area (Å²) in [7, 11) is 1.28. The summed E-state index contributed by atoms with van der Waals surface area (Å²) >= 11 is 4.25. The van der Waals surface area contributed by atoms with Gasteiger partial charge in [-0.2, -0.15) is 0 Å². The van der Waals surface area contributed by atoms with Crippen LogP contribution in [0.3, 0.4) is 0 Å². The molecular weight excluding hydrogens is 283 g/mol. The topological polar surface area (TPSA) is 9.23 Å². The number of methoxy groups -OCH3 is 1. The minimum atomic E-state index is -0.627. The molecule has 0 spiro atoms. The van der Waals surface area contributed by atoms with Crippen LogP contribution < -0.4 is 4.74 Å². The van der Waals surface area contributed by atoms with E-state index in [0.29, 0.717) is 0 Å². The van der Waals surface area contributed by atoms with Gasteiger partial charge in [0.15, 0.2) is 0 Å². The van der Waals surface area contributed by atoms with Crippen LogP contribution in [0.5, 0.6) is 5.75 Å². The van der Waals surface area contributed by atoms with Crippen molar-refractivity contribution in [1.82, 2.24) is 0 Å². The van der Waals surface area contributed by atoms with Crippen LogP contribution in [0.4, 0.5) is 8.78 Å². The van der Waals surface area contributed by atoms with Crippen molar-refractivity contribution in [2.45, 2.75) is 0 Å². The third-order valence-electron chi connectivity index (χ3n) is 1.05. The van der Waals surface area contributed by atoms with Gasteiger partial charge in [-0.3, -0.25) is 4.39 Å². The van der Waals surface area contributed by atoms with E-state index in [-0.39, 0.29) is 5.75 Å². The Morgan fingerprint density at radius 3 is 2.50 bits per heavy atom. The van der Waals surface area contributed by atoms with Gasteiger partial charge in [-0.15, -0.1) is 12.1 Å². The summed E-state index contributed by atoms with van der Waals surface area (Å²) < 4.78 is 29.2. The van der Waals surface area contributed by atoms with Crippen LogP contribution in [0.2, 0.25) is 0 Å².